The Morgan fingerprint density at radius 1 is 1.42 bits per heavy atom. The van der Waals surface area contributed by atoms with Gasteiger partial charge in [-0.3, -0.25) is 4.98 Å². The van der Waals surface area contributed by atoms with Crippen LogP contribution in [0.1, 0.15) is 35.5 Å². The zero-order valence-electron chi connectivity index (χ0n) is 10.9. The molecule has 0 bridgehead atoms. The van der Waals surface area contributed by atoms with Crippen molar-refractivity contribution in [3.05, 3.63) is 44.3 Å². The molecular weight excluding hydrogens is 326 g/mol. The number of aryl methyl sites for hydroxylation is 1. The van der Waals surface area contributed by atoms with Crippen LogP contribution in [0.2, 0.25) is 0 Å². The molecule has 0 saturated carbocycles. The van der Waals surface area contributed by atoms with Crippen LogP contribution in [0, 0.1) is 6.92 Å². The lowest BCUT2D eigenvalue weighted by Crippen LogP contribution is -2.00. The lowest BCUT2D eigenvalue weighted by atomic mass is 10.1. The molecular formula is C14H16BrNO2S. The molecule has 19 heavy (non-hydrogen) atoms. The quantitative estimate of drug-likeness (QED) is 0.890. The predicted molar refractivity (Wildman–Crippen MR) is 80.8 cm³/mol. The van der Waals surface area contributed by atoms with E-state index < -0.39 is 6.10 Å². The second-order valence-corrected chi connectivity index (χ2v) is 6.71. The highest BCUT2D eigenvalue weighted by Crippen LogP contribution is 2.34. The fourth-order valence-corrected chi connectivity index (χ4v) is 3.25. The Morgan fingerprint density at radius 2 is 2.21 bits per heavy atom. The summed E-state index contributed by atoms with van der Waals surface area (Å²) in [4.78, 5) is 5.02. The number of thiophene rings is 1. The van der Waals surface area contributed by atoms with Gasteiger partial charge in [-0.2, -0.15) is 0 Å². The average molecular weight is 342 g/mol. The first kappa shape index (κ1) is 14.5. The number of pyridine rings is 1. The van der Waals surface area contributed by atoms with Crippen LogP contribution in [0.5, 0.6) is 5.75 Å². The van der Waals surface area contributed by atoms with Crippen LogP contribution >= 0.6 is 27.3 Å². The number of nitrogens with zero attached hydrogens (tertiary/aromatic N) is 1. The van der Waals surface area contributed by atoms with Crippen LogP contribution in [-0.2, 0) is 0 Å². The molecule has 3 nitrogen and oxygen atoms in total. The van der Waals surface area contributed by atoms with Crippen LogP contribution in [0.4, 0.5) is 0 Å². The van der Waals surface area contributed by atoms with E-state index in [2.05, 4.69) is 27.8 Å². The van der Waals surface area contributed by atoms with Crippen LogP contribution in [0.3, 0.4) is 0 Å². The van der Waals surface area contributed by atoms with Crippen molar-refractivity contribution in [3.8, 4) is 5.75 Å². The third-order valence-corrected chi connectivity index (χ3v) is 4.86. The lowest BCUT2D eigenvalue weighted by Gasteiger charge is -2.10. The smallest absolute Gasteiger partial charge is 0.137 e. The summed E-state index contributed by atoms with van der Waals surface area (Å²) < 4.78 is 6.58. The maximum absolute atomic E-state index is 10.4. The number of halogens is 1. The lowest BCUT2D eigenvalue weighted by molar-refractivity contribution is 0.222. The maximum atomic E-state index is 10.4. The Balaban J connectivity index is 2.20. The summed E-state index contributed by atoms with van der Waals surface area (Å²) in [6.45, 7) is 4.72. The van der Waals surface area contributed by atoms with Crippen molar-refractivity contribution in [2.45, 2.75) is 26.4 Å². The largest absolute Gasteiger partial charge is 0.492 e. The summed E-state index contributed by atoms with van der Waals surface area (Å²) in [5, 5.41) is 10.4. The molecule has 0 fully saturated rings. The number of hydrogen-bond acceptors (Lipinski definition) is 4. The van der Waals surface area contributed by atoms with Gasteiger partial charge in [-0.25, -0.2) is 0 Å². The minimum atomic E-state index is -0.660. The van der Waals surface area contributed by atoms with E-state index in [4.69, 9.17) is 4.74 Å². The van der Waals surface area contributed by atoms with E-state index in [-0.39, 0.29) is 0 Å². The first-order valence-corrected chi connectivity index (χ1v) is 7.74. The van der Waals surface area contributed by atoms with E-state index >= 15 is 0 Å². The fraction of sp³-hybridized carbons (Fsp3) is 0.357. The minimum absolute atomic E-state index is 0.658. The van der Waals surface area contributed by atoms with E-state index in [0.717, 1.165) is 26.2 Å². The molecule has 2 rings (SSSR count). The van der Waals surface area contributed by atoms with Gasteiger partial charge < -0.3 is 9.84 Å². The van der Waals surface area contributed by atoms with Crippen LogP contribution in [0.15, 0.2) is 28.3 Å². The van der Waals surface area contributed by atoms with Crippen LogP contribution in [-0.4, -0.2) is 16.7 Å². The van der Waals surface area contributed by atoms with E-state index in [1.165, 1.54) is 11.3 Å². The van der Waals surface area contributed by atoms with Crippen LogP contribution in [0.25, 0.3) is 0 Å². The van der Waals surface area contributed by atoms with Crippen molar-refractivity contribution >= 4 is 27.3 Å². The number of hydrogen-bond donors (Lipinski definition) is 1. The van der Waals surface area contributed by atoms with Gasteiger partial charge in [-0.15, -0.1) is 11.3 Å². The van der Waals surface area contributed by atoms with Gasteiger partial charge in [0.15, 0.2) is 0 Å². The first-order chi connectivity index (χ1) is 9.11. The van der Waals surface area contributed by atoms with Gasteiger partial charge in [0.2, 0.25) is 0 Å². The van der Waals surface area contributed by atoms with Gasteiger partial charge in [0.1, 0.15) is 11.9 Å². The molecule has 2 aromatic rings. The molecule has 1 N–H and O–H groups in total. The topological polar surface area (TPSA) is 42.4 Å². The monoisotopic (exact) mass is 341 g/mol. The van der Waals surface area contributed by atoms with Gasteiger partial charge in [0.05, 0.1) is 16.6 Å². The van der Waals surface area contributed by atoms with Crippen molar-refractivity contribution in [2.75, 3.05) is 6.61 Å². The molecule has 1 unspecified atom stereocenters. The summed E-state index contributed by atoms with van der Waals surface area (Å²) in [7, 11) is 0. The minimum Gasteiger partial charge on any atom is -0.492 e. The third-order valence-electron chi connectivity index (χ3n) is 2.67. The van der Waals surface area contributed by atoms with Gasteiger partial charge in [0.25, 0.3) is 0 Å². The number of ether oxygens (including phenoxy) is 1. The summed E-state index contributed by atoms with van der Waals surface area (Å²) in [5.74, 6) is 0.700. The number of rotatable bonds is 5. The normalized spacial score (nSPS) is 12.4. The molecule has 0 saturated heterocycles. The van der Waals surface area contributed by atoms with Gasteiger partial charge >= 0.3 is 0 Å². The Kier molecular flexibility index (Phi) is 4.96. The molecule has 5 heteroatoms. The fourth-order valence-electron chi connectivity index (χ4n) is 1.67. The van der Waals surface area contributed by atoms with E-state index in [0.29, 0.717) is 12.4 Å². The Bertz CT molecular complexity index is 537. The summed E-state index contributed by atoms with van der Waals surface area (Å²) in [5.41, 5.74) is 1.88. The highest BCUT2D eigenvalue weighted by Gasteiger charge is 2.15. The maximum Gasteiger partial charge on any atom is 0.137 e. The van der Waals surface area contributed by atoms with Gasteiger partial charge in [-0.1, -0.05) is 6.92 Å². The molecule has 0 amide bonds. The zero-order chi connectivity index (χ0) is 13.8. The van der Waals surface area contributed by atoms with Crippen molar-refractivity contribution < 1.29 is 9.84 Å². The van der Waals surface area contributed by atoms with Crippen molar-refractivity contribution in [3.63, 3.8) is 0 Å². The van der Waals surface area contributed by atoms with Gasteiger partial charge in [-0.05, 0) is 47.0 Å². The Labute approximate surface area is 125 Å². The second-order valence-electron chi connectivity index (χ2n) is 4.31. The standard InChI is InChI=1S/C14H16BrNO2S/c1-3-4-18-11-6-10(7-16-8-11)13(17)12-5-9(2)14(15)19-12/h5-8,13,17H,3-4H2,1-2H3. The van der Waals surface area contributed by atoms with Crippen molar-refractivity contribution in [1.82, 2.24) is 4.98 Å². The zero-order valence-corrected chi connectivity index (χ0v) is 13.3. The summed E-state index contributed by atoms with van der Waals surface area (Å²) in [6.07, 6.45) is 3.63. The second kappa shape index (κ2) is 6.50. The molecule has 2 aromatic heterocycles. The SMILES string of the molecule is CCCOc1cncc(C(O)c2cc(C)c(Br)s2)c1. The molecule has 0 aliphatic rings. The number of aliphatic hydroxyl groups excluding tert-OH is 1. The molecule has 2 heterocycles. The predicted octanol–water partition coefficient (Wildman–Crippen LogP) is 4.08. The molecule has 0 aliphatic carbocycles. The number of aromatic nitrogens is 1. The van der Waals surface area contributed by atoms with E-state index in [1.807, 2.05) is 19.1 Å². The summed E-state index contributed by atoms with van der Waals surface area (Å²) >= 11 is 5.01. The van der Waals surface area contributed by atoms with Crippen molar-refractivity contribution in [1.29, 1.82) is 0 Å². The van der Waals surface area contributed by atoms with Gasteiger partial charge in [0, 0.05) is 16.6 Å². The molecule has 102 valence electrons. The number of aliphatic hydroxyl groups is 1. The molecule has 0 aromatic carbocycles. The first-order valence-electron chi connectivity index (χ1n) is 6.13. The highest BCUT2D eigenvalue weighted by atomic mass is 79.9. The Hall–Kier alpha value is -0.910. The molecule has 1 atom stereocenters. The molecule has 0 radical (unpaired) electrons. The third kappa shape index (κ3) is 3.55. The van der Waals surface area contributed by atoms with Crippen LogP contribution < -0.4 is 4.74 Å². The summed E-state index contributed by atoms with van der Waals surface area (Å²) in [6, 6.07) is 3.83. The molecule has 0 spiro atoms. The Morgan fingerprint density at radius 3 is 2.84 bits per heavy atom. The molecule has 0 aliphatic heterocycles. The van der Waals surface area contributed by atoms with E-state index in [1.54, 1.807) is 12.4 Å². The average Bonchev–Trinajstić information content (AvgIpc) is 2.76. The van der Waals surface area contributed by atoms with E-state index in [9.17, 15) is 5.11 Å². The highest BCUT2D eigenvalue weighted by molar-refractivity contribution is 9.11. The van der Waals surface area contributed by atoms with Crippen molar-refractivity contribution in [2.24, 2.45) is 0 Å².